The van der Waals surface area contributed by atoms with Crippen molar-refractivity contribution in [2.75, 3.05) is 0 Å². The van der Waals surface area contributed by atoms with Crippen LogP contribution in [0.5, 0.6) is 0 Å². The maximum Gasteiger partial charge on any atom is 0.416 e. The van der Waals surface area contributed by atoms with Crippen LogP contribution in [0, 0.1) is 5.82 Å². The highest BCUT2D eigenvalue weighted by atomic mass is 32.1. The van der Waals surface area contributed by atoms with Crippen LogP contribution in [0.4, 0.5) is 17.6 Å². The fraction of sp³-hybridized carbons (Fsp3) is 0.211. The zero-order valence-corrected chi connectivity index (χ0v) is 17.8. The minimum absolute atomic E-state index is 0.130. The van der Waals surface area contributed by atoms with E-state index in [9.17, 15) is 31.9 Å². The summed E-state index contributed by atoms with van der Waals surface area (Å²) in [5.41, 5.74) is -2.13. The highest BCUT2D eigenvalue weighted by Crippen LogP contribution is 2.32. The second-order valence-electron chi connectivity index (χ2n) is 6.61. The number of nitrogens with zero attached hydrogens (tertiary/aromatic N) is 2. The van der Waals surface area contributed by atoms with Crippen molar-refractivity contribution in [1.29, 1.82) is 0 Å². The number of nitrogens with one attached hydrogen (secondary N) is 2. The molecule has 1 amide bonds. The van der Waals surface area contributed by atoms with Crippen molar-refractivity contribution in [3.05, 3.63) is 66.2 Å². The molecule has 0 fully saturated rings. The first-order valence-electron chi connectivity index (χ1n) is 8.84. The van der Waals surface area contributed by atoms with Crippen LogP contribution in [-0.4, -0.2) is 27.2 Å². The van der Waals surface area contributed by atoms with Crippen LogP contribution in [-0.2, 0) is 24.4 Å². The van der Waals surface area contributed by atoms with Crippen molar-refractivity contribution in [2.45, 2.75) is 18.6 Å². The van der Waals surface area contributed by atoms with Gasteiger partial charge in [-0.15, -0.1) is 11.3 Å². The van der Waals surface area contributed by atoms with Crippen LogP contribution in [0.2, 0.25) is 0 Å². The van der Waals surface area contributed by atoms with Crippen molar-refractivity contribution in [2.24, 2.45) is 12.0 Å². The molecule has 1 aromatic carbocycles. The van der Waals surface area contributed by atoms with Crippen molar-refractivity contribution >= 4 is 52.1 Å². The van der Waals surface area contributed by atoms with Crippen LogP contribution in [0.25, 0.3) is 10.9 Å². The predicted octanol–water partition coefficient (Wildman–Crippen LogP) is 2.87. The Hall–Kier alpha value is -3.19. The molecule has 0 radical (unpaired) electrons. The third kappa shape index (κ3) is 4.99. The number of alkyl halides is 3. The van der Waals surface area contributed by atoms with Crippen molar-refractivity contribution in [1.82, 2.24) is 14.9 Å². The SMILES string of the molecule is Cn1c(=O)[nH]c(=O)c2c(CC(=O)NC=NC(C=S)c3cc(F)cc(C(F)(F)F)c3)scc21. The molecule has 0 aliphatic heterocycles. The molecule has 0 bridgehead atoms. The Morgan fingerprint density at radius 2 is 2.06 bits per heavy atom. The molecule has 3 aromatic rings. The van der Waals surface area contributed by atoms with Crippen LogP contribution in [0.3, 0.4) is 0 Å². The van der Waals surface area contributed by atoms with Crippen molar-refractivity contribution < 1.29 is 22.4 Å². The van der Waals surface area contributed by atoms with Crippen LogP contribution >= 0.6 is 23.6 Å². The molecule has 3 rings (SSSR count). The van der Waals surface area contributed by atoms with E-state index in [2.05, 4.69) is 15.3 Å². The lowest BCUT2D eigenvalue weighted by molar-refractivity contribution is -0.137. The largest absolute Gasteiger partial charge is 0.416 e. The number of hydrogen-bond donors (Lipinski definition) is 2. The number of fused-ring (bicyclic) bond motifs is 1. The molecule has 2 aromatic heterocycles. The molecule has 1 atom stereocenters. The van der Waals surface area contributed by atoms with Crippen molar-refractivity contribution in [3.63, 3.8) is 0 Å². The number of hydrogen-bond acceptors (Lipinski definition) is 6. The molecule has 0 aliphatic carbocycles. The highest BCUT2D eigenvalue weighted by molar-refractivity contribution is 7.79. The Bertz CT molecular complexity index is 1340. The Morgan fingerprint density at radius 1 is 1.34 bits per heavy atom. The number of aryl methyl sites for hydroxylation is 1. The first kappa shape index (κ1) is 23.5. The lowest BCUT2D eigenvalue weighted by atomic mass is 10.0. The van der Waals surface area contributed by atoms with E-state index in [0.717, 1.165) is 35.2 Å². The Morgan fingerprint density at radius 3 is 2.72 bits per heavy atom. The van der Waals surface area contributed by atoms with Crippen molar-refractivity contribution in [3.8, 4) is 0 Å². The number of halogens is 4. The lowest BCUT2D eigenvalue weighted by Gasteiger charge is -2.12. The molecular weight excluding hydrogens is 472 g/mol. The van der Waals surface area contributed by atoms with E-state index in [-0.39, 0.29) is 17.4 Å². The summed E-state index contributed by atoms with van der Waals surface area (Å²) in [6.07, 6.45) is -4.00. The summed E-state index contributed by atoms with van der Waals surface area (Å²) in [5.74, 6) is -1.66. The summed E-state index contributed by atoms with van der Waals surface area (Å²) in [6, 6.07) is 0.848. The molecule has 0 saturated heterocycles. The van der Waals surface area contributed by atoms with Gasteiger partial charge in [0.1, 0.15) is 11.9 Å². The Balaban J connectivity index is 1.75. The van der Waals surface area contributed by atoms with Gasteiger partial charge in [0.25, 0.3) is 5.56 Å². The molecular formula is C19H14F4N4O3S2. The summed E-state index contributed by atoms with van der Waals surface area (Å²) in [4.78, 5) is 42.4. The number of amides is 1. The van der Waals surface area contributed by atoms with Gasteiger partial charge in [-0.2, -0.15) is 13.2 Å². The first-order valence-corrected chi connectivity index (χ1v) is 10.2. The van der Waals surface area contributed by atoms with Gasteiger partial charge in [-0.3, -0.25) is 24.1 Å². The third-order valence-corrected chi connectivity index (χ3v) is 5.69. The Labute approximate surface area is 186 Å². The van der Waals surface area contributed by atoms with Gasteiger partial charge < -0.3 is 5.32 Å². The quantitative estimate of drug-likeness (QED) is 0.242. The standard InChI is InChI=1S/C19H14F4N4O3S2/c1-27-13-7-32-14(16(13)17(29)26-18(27)30)5-15(28)25-8-24-12(6-31)9-2-10(19(21,22)23)4-11(20)3-9/h2-4,6-8,12H,5H2,1H3,(H,24,25,28)(H,26,29,30). The van der Waals surface area contributed by atoms with E-state index in [1.807, 2.05) is 0 Å². The summed E-state index contributed by atoms with van der Waals surface area (Å²) >= 11 is 5.90. The van der Waals surface area contributed by atoms with Gasteiger partial charge in [-0.1, -0.05) is 12.2 Å². The number of benzene rings is 1. The third-order valence-electron chi connectivity index (χ3n) is 4.46. The second-order valence-corrected chi connectivity index (χ2v) is 7.85. The molecule has 32 heavy (non-hydrogen) atoms. The maximum absolute atomic E-state index is 13.6. The van der Waals surface area contributed by atoms with Gasteiger partial charge in [0.2, 0.25) is 5.91 Å². The minimum atomic E-state index is -4.74. The molecule has 2 N–H and O–H groups in total. The highest BCUT2D eigenvalue weighted by Gasteiger charge is 2.31. The second kappa shape index (κ2) is 9.12. The summed E-state index contributed by atoms with van der Waals surface area (Å²) < 4.78 is 53.6. The van der Waals surface area contributed by atoms with Gasteiger partial charge in [0, 0.05) is 22.7 Å². The smallest absolute Gasteiger partial charge is 0.317 e. The molecule has 0 saturated carbocycles. The molecule has 168 valence electrons. The predicted molar refractivity (Wildman–Crippen MR) is 116 cm³/mol. The van der Waals surface area contributed by atoms with E-state index in [1.54, 1.807) is 5.38 Å². The number of aromatic nitrogens is 2. The van der Waals surface area contributed by atoms with E-state index in [4.69, 9.17) is 12.2 Å². The number of aliphatic imine (C=N–C) groups is 1. The molecule has 0 spiro atoms. The zero-order valence-electron chi connectivity index (χ0n) is 16.2. The Kier molecular flexibility index (Phi) is 6.69. The molecule has 2 heterocycles. The average Bonchev–Trinajstić information content (AvgIpc) is 3.12. The number of rotatable bonds is 6. The fourth-order valence-corrected chi connectivity index (χ4v) is 4.18. The normalized spacial score (nSPS) is 12.9. The van der Waals surface area contributed by atoms with E-state index >= 15 is 0 Å². The zero-order chi connectivity index (χ0) is 23.6. The van der Waals surface area contributed by atoms with Gasteiger partial charge >= 0.3 is 11.9 Å². The topological polar surface area (TPSA) is 96.3 Å². The number of H-pyrrole nitrogens is 1. The van der Waals surface area contributed by atoms with Crippen LogP contribution in [0.1, 0.15) is 22.0 Å². The average molecular weight is 486 g/mol. The van der Waals surface area contributed by atoms with E-state index in [0.29, 0.717) is 16.5 Å². The summed E-state index contributed by atoms with van der Waals surface area (Å²) in [7, 11) is 1.48. The monoisotopic (exact) mass is 486 g/mol. The van der Waals surface area contributed by atoms with E-state index < -0.39 is 40.8 Å². The number of carbonyl (C=O) groups excluding carboxylic acids is 1. The molecule has 13 heteroatoms. The summed E-state index contributed by atoms with van der Waals surface area (Å²) in [5, 5.41) is 5.16. The lowest BCUT2D eigenvalue weighted by Crippen LogP contribution is -2.29. The number of thiophene rings is 1. The number of carbonyl (C=O) groups is 1. The number of thiocarbonyl (C=S) groups is 1. The van der Waals surface area contributed by atoms with Crippen LogP contribution < -0.4 is 16.6 Å². The molecule has 7 nitrogen and oxygen atoms in total. The van der Waals surface area contributed by atoms with Crippen LogP contribution in [0.15, 0.2) is 38.2 Å². The summed E-state index contributed by atoms with van der Waals surface area (Å²) in [6.45, 7) is 0. The fourth-order valence-electron chi connectivity index (χ4n) is 2.89. The van der Waals surface area contributed by atoms with Gasteiger partial charge in [-0.05, 0) is 23.8 Å². The van der Waals surface area contributed by atoms with E-state index in [1.165, 1.54) is 11.6 Å². The first-order chi connectivity index (χ1) is 15.0. The van der Waals surface area contributed by atoms with Gasteiger partial charge in [-0.25, -0.2) is 9.18 Å². The maximum atomic E-state index is 13.6. The van der Waals surface area contributed by atoms with Gasteiger partial charge in [0.15, 0.2) is 0 Å². The minimum Gasteiger partial charge on any atom is -0.317 e. The molecule has 1 unspecified atom stereocenters. The van der Waals surface area contributed by atoms with Gasteiger partial charge in [0.05, 0.1) is 29.2 Å². The molecule has 0 aliphatic rings. The number of aromatic amines is 1.